The van der Waals surface area contributed by atoms with Gasteiger partial charge in [-0.15, -0.1) is 0 Å². The maximum Gasteiger partial charge on any atom is 0.296 e. The molecule has 1 unspecified atom stereocenters. The van der Waals surface area contributed by atoms with Crippen LogP contribution in [0.1, 0.15) is 48.8 Å². The van der Waals surface area contributed by atoms with Gasteiger partial charge in [0.25, 0.3) is 17.4 Å². The largest absolute Gasteiger partial charge is 0.507 e. The van der Waals surface area contributed by atoms with Crippen molar-refractivity contribution in [1.82, 2.24) is 4.90 Å². The summed E-state index contributed by atoms with van der Waals surface area (Å²) < 4.78 is 5.73. The topological polar surface area (TPSA) is 114 Å². The maximum atomic E-state index is 12.9. The molecular formula is C21H20N2O6. The molecule has 1 saturated heterocycles. The van der Waals surface area contributed by atoms with E-state index in [0.29, 0.717) is 11.5 Å². The molecule has 2 aliphatic rings. The van der Waals surface area contributed by atoms with E-state index >= 15 is 0 Å². The van der Waals surface area contributed by atoms with E-state index in [4.69, 9.17) is 4.42 Å². The molecule has 1 N–H and O–H groups in total. The average Bonchev–Trinajstić information content (AvgIpc) is 3.42. The van der Waals surface area contributed by atoms with Gasteiger partial charge >= 0.3 is 0 Å². The smallest absolute Gasteiger partial charge is 0.296 e. The van der Waals surface area contributed by atoms with Gasteiger partial charge in [-0.25, -0.2) is 0 Å². The molecule has 2 aromatic rings. The van der Waals surface area contributed by atoms with Crippen LogP contribution in [0.3, 0.4) is 0 Å². The SMILES string of the molecule is Cc1ccc(C2/C(=C(/O)c3cccc([N+](=O)[O-])c3)C(=O)C(=O)N2C2CCCC2)o1. The molecule has 2 fully saturated rings. The van der Waals surface area contributed by atoms with Crippen LogP contribution in [0.5, 0.6) is 0 Å². The number of aryl methyl sites for hydroxylation is 1. The highest BCUT2D eigenvalue weighted by Gasteiger charge is 2.50. The molecule has 1 atom stereocenters. The molecule has 2 heterocycles. The second-order valence-corrected chi connectivity index (χ2v) is 7.40. The van der Waals surface area contributed by atoms with Crippen LogP contribution in [0.25, 0.3) is 5.76 Å². The first-order valence-electron chi connectivity index (χ1n) is 9.49. The van der Waals surface area contributed by atoms with Crippen molar-refractivity contribution in [3.8, 4) is 0 Å². The standard InChI is InChI=1S/C21H20N2O6/c1-12-9-10-16(29-12)18-17(19(24)13-5-4-8-15(11-13)23(27)28)20(25)21(26)22(18)14-6-2-3-7-14/h4-5,8-11,14,18,24H,2-3,6-7H2,1H3/b19-17-. The van der Waals surface area contributed by atoms with Crippen LogP contribution in [0, 0.1) is 17.0 Å². The summed E-state index contributed by atoms with van der Waals surface area (Å²) in [7, 11) is 0. The van der Waals surface area contributed by atoms with E-state index in [2.05, 4.69) is 0 Å². The predicted molar refractivity (Wildman–Crippen MR) is 103 cm³/mol. The molecule has 1 aromatic carbocycles. The molecule has 8 nitrogen and oxygen atoms in total. The van der Waals surface area contributed by atoms with Crippen molar-refractivity contribution in [2.45, 2.75) is 44.7 Å². The highest BCUT2D eigenvalue weighted by molar-refractivity contribution is 6.46. The number of carbonyl (C=O) groups is 2. The van der Waals surface area contributed by atoms with Crippen LogP contribution < -0.4 is 0 Å². The number of likely N-dealkylation sites (tertiary alicyclic amines) is 1. The number of benzene rings is 1. The summed E-state index contributed by atoms with van der Waals surface area (Å²) in [5.41, 5.74) is -0.210. The highest BCUT2D eigenvalue weighted by Crippen LogP contribution is 2.44. The summed E-state index contributed by atoms with van der Waals surface area (Å²) in [6, 6.07) is 7.82. The number of amides is 1. The Morgan fingerprint density at radius 3 is 2.55 bits per heavy atom. The van der Waals surface area contributed by atoms with Gasteiger partial charge in [0.1, 0.15) is 23.3 Å². The number of ketones is 1. The van der Waals surface area contributed by atoms with Gasteiger partial charge in [0, 0.05) is 23.7 Å². The van der Waals surface area contributed by atoms with Crippen molar-refractivity contribution < 1.29 is 24.0 Å². The lowest BCUT2D eigenvalue weighted by Crippen LogP contribution is -2.37. The summed E-state index contributed by atoms with van der Waals surface area (Å²) >= 11 is 0. The average molecular weight is 396 g/mol. The van der Waals surface area contributed by atoms with E-state index in [9.17, 15) is 24.8 Å². The van der Waals surface area contributed by atoms with Crippen LogP contribution in [-0.4, -0.2) is 32.7 Å². The number of rotatable bonds is 4. The van der Waals surface area contributed by atoms with Crippen molar-refractivity contribution in [2.75, 3.05) is 0 Å². The number of furan rings is 1. The fraction of sp³-hybridized carbons (Fsp3) is 0.333. The Kier molecular flexibility index (Phi) is 4.70. The van der Waals surface area contributed by atoms with Crippen molar-refractivity contribution in [2.24, 2.45) is 0 Å². The van der Waals surface area contributed by atoms with E-state index in [1.807, 2.05) is 0 Å². The Bertz CT molecular complexity index is 1030. The zero-order chi connectivity index (χ0) is 20.7. The van der Waals surface area contributed by atoms with Crippen LogP contribution in [0.15, 0.2) is 46.4 Å². The third kappa shape index (κ3) is 3.20. The number of nitrogens with zero attached hydrogens (tertiary/aromatic N) is 2. The number of non-ortho nitro benzene ring substituents is 1. The van der Waals surface area contributed by atoms with Gasteiger partial charge in [0.2, 0.25) is 0 Å². The van der Waals surface area contributed by atoms with Gasteiger partial charge in [0.15, 0.2) is 0 Å². The van der Waals surface area contributed by atoms with Crippen molar-refractivity contribution in [3.05, 3.63) is 69.2 Å². The lowest BCUT2D eigenvalue weighted by Gasteiger charge is -2.29. The summed E-state index contributed by atoms with van der Waals surface area (Å²) in [6.07, 6.45) is 3.48. The Morgan fingerprint density at radius 1 is 1.21 bits per heavy atom. The van der Waals surface area contributed by atoms with Gasteiger partial charge < -0.3 is 14.4 Å². The van der Waals surface area contributed by atoms with E-state index in [1.165, 1.54) is 29.2 Å². The second kappa shape index (κ2) is 7.20. The minimum atomic E-state index is -0.855. The molecule has 0 bridgehead atoms. The fourth-order valence-corrected chi connectivity index (χ4v) is 4.21. The predicted octanol–water partition coefficient (Wildman–Crippen LogP) is 3.86. The molecule has 0 spiro atoms. The monoisotopic (exact) mass is 396 g/mol. The molecule has 29 heavy (non-hydrogen) atoms. The Balaban J connectivity index is 1.88. The van der Waals surface area contributed by atoms with E-state index in [-0.39, 0.29) is 22.9 Å². The fourth-order valence-electron chi connectivity index (χ4n) is 4.21. The molecule has 1 amide bonds. The highest BCUT2D eigenvalue weighted by atomic mass is 16.6. The molecule has 0 radical (unpaired) electrons. The third-order valence-electron chi connectivity index (χ3n) is 5.56. The quantitative estimate of drug-likeness (QED) is 0.276. The Hall–Kier alpha value is -3.42. The second-order valence-electron chi connectivity index (χ2n) is 7.40. The number of carbonyl (C=O) groups excluding carboxylic acids is 2. The van der Waals surface area contributed by atoms with Crippen LogP contribution >= 0.6 is 0 Å². The molecule has 4 rings (SSSR count). The van der Waals surface area contributed by atoms with Gasteiger partial charge in [-0.1, -0.05) is 25.0 Å². The summed E-state index contributed by atoms with van der Waals surface area (Å²) in [5, 5.41) is 22.0. The number of nitro groups is 1. The third-order valence-corrected chi connectivity index (χ3v) is 5.56. The van der Waals surface area contributed by atoms with Gasteiger partial charge in [-0.2, -0.15) is 0 Å². The van der Waals surface area contributed by atoms with Gasteiger partial charge in [-0.05, 0) is 31.9 Å². The molecule has 1 aromatic heterocycles. The number of hydrogen-bond acceptors (Lipinski definition) is 6. The van der Waals surface area contributed by atoms with Crippen molar-refractivity contribution in [3.63, 3.8) is 0 Å². The van der Waals surface area contributed by atoms with Crippen LogP contribution in [-0.2, 0) is 9.59 Å². The number of aliphatic hydroxyl groups excluding tert-OH is 1. The van der Waals surface area contributed by atoms with E-state index in [0.717, 1.165) is 25.7 Å². The lowest BCUT2D eigenvalue weighted by atomic mass is 9.98. The number of nitro benzene ring substituents is 1. The minimum Gasteiger partial charge on any atom is -0.507 e. The first-order chi connectivity index (χ1) is 13.9. The van der Waals surface area contributed by atoms with Crippen LogP contribution in [0.4, 0.5) is 5.69 Å². The molecular weight excluding hydrogens is 376 g/mol. The van der Waals surface area contributed by atoms with Gasteiger partial charge in [0.05, 0.1) is 10.5 Å². The first kappa shape index (κ1) is 18.9. The molecule has 8 heteroatoms. The number of hydrogen-bond donors (Lipinski definition) is 1. The van der Waals surface area contributed by atoms with E-state index in [1.54, 1.807) is 19.1 Å². The number of Topliss-reactive ketones (excluding diaryl/α,β-unsaturated/α-hetero) is 1. The molecule has 1 aliphatic heterocycles. The first-order valence-corrected chi connectivity index (χ1v) is 9.49. The summed E-state index contributed by atoms with van der Waals surface area (Å²) in [4.78, 5) is 37.8. The summed E-state index contributed by atoms with van der Waals surface area (Å²) in [6.45, 7) is 1.76. The molecule has 1 aliphatic carbocycles. The Labute approximate surface area is 166 Å². The Morgan fingerprint density at radius 2 is 1.93 bits per heavy atom. The summed E-state index contributed by atoms with van der Waals surface area (Å²) in [5.74, 6) is -0.914. The van der Waals surface area contributed by atoms with Gasteiger partial charge in [-0.3, -0.25) is 19.7 Å². The number of aliphatic hydroxyl groups is 1. The normalized spacial score (nSPS) is 21.8. The lowest BCUT2D eigenvalue weighted by molar-refractivity contribution is -0.384. The maximum absolute atomic E-state index is 12.9. The minimum absolute atomic E-state index is 0.100. The molecule has 150 valence electrons. The zero-order valence-electron chi connectivity index (χ0n) is 15.8. The van der Waals surface area contributed by atoms with Crippen LogP contribution in [0.2, 0.25) is 0 Å². The molecule has 1 saturated carbocycles. The van der Waals surface area contributed by atoms with E-state index < -0.39 is 28.4 Å². The zero-order valence-corrected chi connectivity index (χ0v) is 15.8. The van der Waals surface area contributed by atoms with Crippen molar-refractivity contribution >= 4 is 23.1 Å². The van der Waals surface area contributed by atoms with Crippen molar-refractivity contribution in [1.29, 1.82) is 0 Å².